The van der Waals surface area contributed by atoms with Gasteiger partial charge in [-0.3, -0.25) is 4.99 Å². The van der Waals surface area contributed by atoms with Crippen LogP contribution in [0.3, 0.4) is 0 Å². The average Bonchev–Trinajstić information content (AvgIpc) is 2.97. The van der Waals surface area contributed by atoms with Crippen LogP contribution in [-0.2, 0) is 6.42 Å². The van der Waals surface area contributed by atoms with Gasteiger partial charge in [-0.15, -0.1) is 0 Å². The minimum Gasteiger partial charge on any atom is -0.482 e. The molecule has 0 bridgehead atoms. The fourth-order valence-electron chi connectivity index (χ4n) is 2.38. The Kier molecular flexibility index (Phi) is 4.63. The van der Waals surface area contributed by atoms with Gasteiger partial charge in [-0.2, -0.15) is 0 Å². The van der Waals surface area contributed by atoms with Crippen LogP contribution in [0, 0.1) is 0 Å². The van der Waals surface area contributed by atoms with Crippen molar-refractivity contribution in [2.75, 3.05) is 18.5 Å². The molecular formula is C17H20N4O. The number of para-hydroxylation sites is 1. The molecule has 5 nitrogen and oxygen atoms in total. The molecule has 3 rings (SSSR count). The molecule has 22 heavy (non-hydrogen) atoms. The molecule has 0 saturated carbocycles. The van der Waals surface area contributed by atoms with Crippen molar-refractivity contribution in [2.45, 2.75) is 26.2 Å². The molecule has 114 valence electrons. The second-order valence-corrected chi connectivity index (χ2v) is 5.29. The maximum absolute atomic E-state index is 5.86. The van der Waals surface area contributed by atoms with Crippen LogP contribution in [0.5, 0.6) is 5.75 Å². The highest BCUT2D eigenvalue weighted by molar-refractivity contribution is 5.95. The van der Waals surface area contributed by atoms with E-state index in [2.05, 4.69) is 33.3 Å². The summed E-state index contributed by atoms with van der Waals surface area (Å²) in [6.45, 7) is 3.51. The maximum atomic E-state index is 5.86. The highest BCUT2D eigenvalue weighted by Gasteiger charge is 2.15. The molecule has 0 spiro atoms. The highest BCUT2D eigenvalue weighted by Crippen LogP contribution is 2.27. The summed E-state index contributed by atoms with van der Waals surface area (Å²) in [5, 5.41) is 3.29. The van der Waals surface area contributed by atoms with Gasteiger partial charge in [-0.25, -0.2) is 9.97 Å². The van der Waals surface area contributed by atoms with E-state index in [1.165, 1.54) is 11.9 Å². The Bertz CT molecular complexity index is 669. The van der Waals surface area contributed by atoms with E-state index in [4.69, 9.17) is 4.74 Å². The fourth-order valence-corrected chi connectivity index (χ4v) is 2.38. The normalized spacial score (nSPS) is 12.7. The molecule has 2 aromatic rings. The molecule has 5 heteroatoms. The number of benzene rings is 1. The number of fused-ring (bicyclic) bond motifs is 1. The van der Waals surface area contributed by atoms with Crippen molar-refractivity contribution < 1.29 is 4.74 Å². The Morgan fingerprint density at radius 2 is 2.18 bits per heavy atom. The Morgan fingerprint density at radius 1 is 1.27 bits per heavy atom. The fraction of sp³-hybridized carbons (Fsp3) is 0.353. The van der Waals surface area contributed by atoms with E-state index < -0.39 is 0 Å². The van der Waals surface area contributed by atoms with E-state index in [1.807, 2.05) is 18.2 Å². The lowest BCUT2D eigenvalue weighted by Crippen LogP contribution is -2.13. The van der Waals surface area contributed by atoms with Gasteiger partial charge in [0.05, 0.1) is 17.6 Å². The van der Waals surface area contributed by atoms with Crippen LogP contribution in [0.1, 0.15) is 25.3 Å². The van der Waals surface area contributed by atoms with Crippen molar-refractivity contribution in [3.05, 3.63) is 42.4 Å². The monoisotopic (exact) mass is 296 g/mol. The molecule has 1 aliphatic heterocycles. The third-order valence-corrected chi connectivity index (χ3v) is 3.56. The van der Waals surface area contributed by atoms with E-state index in [-0.39, 0.29) is 0 Å². The minimum absolute atomic E-state index is 0.463. The number of ether oxygens (including phenoxy) is 1. The average molecular weight is 296 g/mol. The third-order valence-electron chi connectivity index (χ3n) is 3.56. The van der Waals surface area contributed by atoms with E-state index in [9.17, 15) is 0 Å². The lowest BCUT2D eigenvalue weighted by atomic mass is 10.1. The molecule has 1 aromatic heterocycles. The van der Waals surface area contributed by atoms with Crippen LogP contribution in [-0.4, -0.2) is 28.8 Å². The van der Waals surface area contributed by atoms with E-state index >= 15 is 0 Å². The van der Waals surface area contributed by atoms with Gasteiger partial charge >= 0.3 is 0 Å². The van der Waals surface area contributed by atoms with E-state index in [1.54, 1.807) is 6.20 Å². The SMILES string of the molecule is CCCCNc1ncncc1OCC1=Nc2ccccc2C1. The van der Waals surface area contributed by atoms with Gasteiger partial charge in [0.25, 0.3) is 0 Å². The molecule has 0 unspecified atom stereocenters. The summed E-state index contributed by atoms with van der Waals surface area (Å²) in [6, 6.07) is 8.19. The lowest BCUT2D eigenvalue weighted by Gasteiger charge is -2.11. The summed E-state index contributed by atoms with van der Waals surface area (Å²) in [5.41, 5.74) is 3.34. The zero-order chi connectivity index (χ0) is 15.2. The van der Waals surface area contributed by atoms with Crippen molar-refractivity contribution in [3.8, 4) is 5.75 Å². The van der Waals surface area contributed by atoms with Crippen LogP contribution >= 0.6 is 0 Å². The van der Waals surface area contributed by atoms with Crippen molar-refractivity contribution >= 4 is 17.2 Å². The number of anilines is 1. The molecule has 0 radical (unpaired) electrons. The smallest absolute Gasteiger partial charge is 0.180 e. The van der Waals surface area contributed by atoms with Gasteiger partial charge < -0.3 is 10.1 Å². The van der Waals surface area contributed by atoms with Crippen molar-refractivity contribution in [2.24, 2.45) is 4.99 Å². The van der Waals surface area contributed by atoms with Gasteiger partial charge in [-0.05, 0) is 18.1 Å². The number of nitrogens with zero attached hydrogens (tertiary/aromatic N) is 3. The molecule has 0 fully saturated rings. The zero-order valence-electron chi connectivity index (χ0n) is 12.7. The molecule has 1 aromatic carbocycles. The summed E-state index contributed by atoms with van der Waals surface area (Å²) >= 11 is 0. The van der Waals surface area contributed by atoms with E-state index in [0.717, 1.165) is 43.0 Å². The molecule has 0 aliphatic carbocycles. The first kappa shape index (κ1) is 14.5. The predicted octanol–water partition coefficient (Wildman–Crippen LogP) is 3.40. The second-order valence-electron chi connectivity index (χ2n) is 5.29. The Hall–Kier alpha value is -2.43. The lowest BCUT2D eigenvalue weighted by molar-refractivity contribution is 0.373. The van der Waals surface area contributed by atoms with Crippen molar-refractivity contribution in [1.29, 1.82) is 0 Å². The standard InChI is InChI=1S/C17H20N4O/c1-2-3-8-19-17-16(10-18-12-20-17)22-11-14-9-13-6-4-5-7-15(13)21-14/h4-7,10,12H,2-3,8-9,11H2,1H3,(H,18,19,20). The third kappa shape index (κ3) is 3.42. The Morgan fingerprint density at radius 3 is 3.05 bits per heavy atom. The van der Waals surface area contributed by atoms with Gasteiger partial charge in [0, 0.05) is 13.0 Å². The summed E-state index contributed by atoms with van der Waals surface area (Å²) in [4.78, 5) is 12.9. The quantitative estimate of drug-likeness (QED) is 0.796. The predicted molar refractivity (Wildman–Crippen MR) is 88.2 cm³/mol. The maximum Gasteiger partial charge on any atom is 0.180 e. The molecule has 2 heterocycles. The van der Waals surface area contributed by atoms with Crippen LogP contribution < -0.4 is 10.1 Å². The first-order valence-corrected chi connectivity index (χ1v) is 7.68. The van der Waals surface area contributed by atoms with Crippen LogP contribution in [0.4, 0.5) is 11.5 Å². The zero-order valence-corrected chi connectivity index (χ0v) is 12.7. The van der Waals surface area contributed by atoms with Gasteiger partial charge in [-0.1, -0.05) is 31.5 Å². The first-order valence-electron chi connectivity index (χ1n) is 7.68. The molecule has 0 saturated heterocycles. The first-order chi connectivity index (χ1) is 10.9. The number of aromatic nitrogens is 2. The molecule has 0 atom stereocenters. The van der Waals surface area contributed by atoms with Crippen LogP contribution in [0.15, 0.2) is 41.8 Å². The summed E-state index contributed by atoms with van der Waals surface area (Å²) in [6.07, 6.45) is 6.32. The summed E-state index contributed by atoms with van der Waals surface area (Å²) < 4.78 is 5.86. The number of rotatable bonds is 7. The van der Waals surface area contributed by atoms with Crippen LogP contribution in [0.25, 0.3) is 0 Å². The van der Waals surface area contributed by atoms with Gasteiger partial charge in [0.2, 0.25) is 0 Å². The minimum atomic E-state index is 0.463. The number of hydrogen-bond donors (Lipinski definition) is 1. The Balaban J connectivity index is 1.61. The molecule has 0 amide bonds. The summed E-state index contributed by atoms with van der Waals surface area (Å²) in [5.74, 6) is 1.43. The van der Waals surface area contributed by atoms with Gasteiger partial charge in [0.1, 0.15) is 12.9 Å². The van der Waals surface area contributed by atoms with Crippen molar-refractivity contribution in [1.82, 2.24) is 9.97 Å². The van der Waals surface area contributed by atoms with E-state index in [0.29, 0.717) is 12.4 Å². The second kappa shape index (κ2) is 7.02. The topological polar surface area (TPSA) is 59.4 Å². The van der Waals surface area contributed by atoms with Crippen LogP contribution in [0.2, 0.25) is 0 Å². The number of unbranched alkanes of at least 4 members (excludes halogenated alkanes) is 1. The van der Waals surface area contributed by atoms with Gasteiger partial charge in [0.15, 0.2) is 11.6 Å². The number of nitrogens with one attached hydrogen (secondary N) is 1. The molecule has 1 aliphatic rings. The number of hydrogen-bond acceptors (Lipinski definition) is 5. The highest BCUT2D eigenvalue weighted by atomic mass is 16.5. The molecule has 1 N–H and O–H groups in total. The summed E-state index contributed by atoms with van der Waals surface area (Å²) in [7, 11) is 0. The van der Waals surface area contributed by atoms with Crippen molar-refractivity contribution in [3.63, 3.8) is 0 Å². The number of aliphatic imine (C=N–C) groups is 1. The Labute approximate surface area is 130 Å². The largest absolute Gasteiger partial charge is 0.482 e. The molecular weight excluding hydrogens is 276 g/mol.